The van der Waals surface area contributed by atoms with Crippen molar-refractivity contribution in [3.05, 3.63) is 64.8 Å². The topological polar surface area (TPSA) is 104 Å². The highest BCUT2D eigenvalue weighted by atomic mass is 35.5. The number of fused-ring (bicyclic) bond motifs is 1. The molecule has 0 atom stereocenters. The standard InChI is InChI=1S/C20H19ClN4O4/c1-25(2)18(26)11-29-17-6-4-3-5-14(17)19(27)23-24-20(28)16-10-12-9-13(21)7-8-15(12)22-16/h3-10,22H,11H2,1-2H3,(H,23,27)(H,24,28). The van der Waals surface area contributed by atoms with E-state index in [1.165, 1.54) is 11.0 Å². The molecule has 3 aromatic rings. The minimum Gasteiger partial charge on any atom is -0.483 e. The van der Waals surface area contributed by atoms with Crippen LogP contribution in [0.25, 0.3) is 10.9 Å². The van der Waals surface area contributed by atoms with Crippen molar-refractivity contribution in [1.29, 1.82) is 0 Å². The molecule has 0 spiro atoms. The predicted molar refractivity (Wildman–Crippen MR) is 109 cm³/mol. The van der Waals surface area contributed by atoms with E-state index in [9.17, 15) is 14.4 Å². The quantitative estimate of drug-likeness (QED) is 0.557. The molecular formula is C20H19ClN4O4. The fourth-order valence-corrected chi connectivity index (χ4v) is 2.70. The number of likely N-dealkylation sites (N-methyl/N-ethyl adjacent to an activating group) is 1. The Hall–Kier alpha value is -3.52. The molecule has 0 saturated heterocycles. The molecule has 0 unspecified atom stereocenters. The number of ether oxygens (including phenoxy) is 1. The maximum Gasteiger partial charge on any atom is 0.286 e. The Morgan fingerprint density at radius 1 is 1.03 bits per heavy atom. The lowest BCUT2D eigenvalue weighted by molar-refractivity contribution is -0.130. The number of halogens is 1. The lowest BCUT2D eigenvalue weighted by atomic mass is 10.2. The average molecular weight is 415 g/mol. The number of hydrogen-bond acceptors (Lipinski definition) is 4. The fourth-order valence-electron chi connectivity index (χ4n) is 2.52. The number of carbonyl (C=O) groups excluding carboxylic acids is 3. The summed E-state index contributed by atoms with van der Waals surface area (Å²) in [5, 5.41) is 1.33. The van der Waals surface area contributed by atoms with Crippen molar-refractivity contribution < 1.29 is 19.1 Å². The second-order valence-electron chi connectivity index (χ2n) is 6.40. The fraction of sp³-hybridized carbons (Fsp3) is 0.150. The monoisotopic (exact) mass is 414 g/mol. The molecule has 0 saturated carbocycles. The van der Waals surface area contributed by atoms with E-state index in [4.69, 9.17) is 16.3 Å². The second kappa shape index (κ2) is 8.66. The Kier molecular flexibility index (Phi) is 6.04. The van der Waals surface area contributed by atoms with Gasteiger partial charge < -0.3 is 14.6 Å². The van der Waals surface area contributed by atoms with Crippen molar-refractivity contribution in [3.63, 3.8) is 0 Å². The molecule has 3 rings (SSSR count). The lowest BCUT2D eigenvalue weighted by Gasteiger charge is -2.14. The number of aromatic nitrogens is 1. The maximum absolute atomic E-state index is 12.5. The molecule has 0 aliphatic rings. The van der Waals surface area contributed by atoms with Crippen LogP contribution in [0, 0.1) is 0 Å². The molecule has 0 fully saturated rings. The highest BCUT2D eigenvalue weighted by molar-refractivity contribution is 6.31. The third-order valence-electron chi connectivity index (χ3n) is 4.10. The van der Waals surface area contributed by atoms with E-state index in [-0.39, 0.29) is 29.5 Å². The number of rotatable bonds is 5. The molecule has 1 heterocycles. The van der Waals surface area contributed by atoms with Crippen molar-refractivity contribution in [2.24, 2.45) is 0 Å². The van der Waals surface area contributed by atoms with Crippen LogP contribution in [0.3, 0.4) is 0 Å². The molecule has 0 aliphatic carbocycles. The molecular weight excluding hydrogens is 396 g/mol. The van der Waals surface area contributed by atoms with Crippen molar-refractivity contribution in [3.8, 4) is 5.75 Å². The number of nitrogens with one attached hydrogen (secondary N) is 3. The zero-order valence-electron chi connectivity index (χ0n) is 15.8. The highest BCUT2D eigenvalue weighted by Gasteiger charge is 2.16. The van der Waals surface area contributed by atoms with Crippen LogP contribution in [-0.4, -0.2) is 48.3 Å². The van der Waals surface area contributed by atoms with Crippen LogP contribution in [0.4, 0.5) is 0 Å². The van der Waals surface area contributed by atoms with Crippen molar-refractivity contribution >= 4 is 40.2 Å². The van der Waals surface area contributed by atoms with Gasteiger partial charge in [-0.2, -0.15) is 0 Å². The van der Waals surface area contributed by atoms with Gasteiger partial charge in [-0.05, 0) is 36.4 Å². The van der Waals surface area contributed by atoms with E-state index < -0.39 is 11.8 Å². The second-order valence-corrected chi connectivity index (χ2v) is 6.83. The van der Waals surface area contributed by atoms with E-state index >= 15 is 0 Å². The molecule has 3 N–H and O–H groups in total. The number of carbonyl (C=O) groups is 3. The summed E-state index contributed by atoms with van der Waals surface area (Å²) in [5.74, 6) is -1.11. The number of benzene rings is 2. The minimum absolute atomic E-state index is 0.183. The number of H-pyrrole nitrogens is 1. The van der Waals surface area contributed by atoms with Gasteiger partial charge in [0.2, 0.25) is 0 Å². The normalized spacial score (nSPS) is 10.4. The molecule has 0 aliphatic heterocycles. The van der Waals surface area contributed by atoms with Crippen LogP contribution in [0.15, 0.2) is 48.5 Å². The SMILES string of the molecule is CN(C)C(=O)COc1ccccc1C(=O)NNC(=O)c1cc2cc(Cl)ccc2[nH]1. The summed E-state index contributed by atoms with van der Waals surface area (Å²) >= 11 is 5.95. The third-order valence-corrected chi connectivity index (χ3v) is 4.33. The van der Waals surface area contributed by atoms with Gasteiger partial charge in [0, 0.05) is 30.0 Å². The molecule has 3 amide bonds. The summed E-state index contributed by atoms with van der Waals surface area (Å²) in [6.07, 6.45) is 0. The Morgan fingerprint density at radius 3 is 2.52 bits per heavy atom. The molecule has 8 nitrogen and oxygen atoms in total. The summed E-state index contributed by atoms with van der Waals surface area (Å²) < 4.78 is 5.44. The van der Waals surface area contributed by atoms with Gasteiger partial charge in [-0.3, -0.25) is 25.2 Å². The Balaban J connectivity index is 1.65. The molecule has 0 radical (unpaired) electrons. The van der Waals surface area contributed by atoms with Crippen LogP contribution in [0.5, 0.6) is 5.75 Å². The third kappa shape index (κ3) is 4.85. The Labute approximate surface area is 171 Å². The van der Waals surface area contributed by atoms with Crippen molar-refractivity contribution in [1.82, 2.24) is 20.7 Å². The van der Waals surface area contributed by atoms with Crippen molar-refractivity contribution in [2.75, 3.05) is 20.7 Å². The first-order chi connectivity index (χ1) is 13.8. The van der Waals surface area contributed by atoms with Gasteiger partial charge in [0.25, 0.3) is 17.7 Å². The number of hydrogen-bond donors (Lipinski definition) is 3. The van der Waals surface area contributed by atoms with E-state index in [0.717, 1.165) is 10.9 Å². The number of hydrazine groups is 1. The lowest BCUT2D eigenvalue weighted by Crippen LogP contribution is -2.42. The minimum atomic E-state index is -0.578. The van der Waals surface area contributed by atoms with Crippen LogP contribution in [-0.2, 0) is 4.79 Å². The smallest absolute Gasteiger partial charge is 0.286 e. The van der Waals surface area contributed by atoms with Crippen LogP contribution < -0.4 is 15.6 Å². The largest absolute Gasteiger partial charge is 0.483 e. The zero-order valence-corrected chi connectivity index (χ0v) is 16.5. The van der Waals surface area contributed by atoms with Gasteiger partial charge >= 0.3 is 0 Å². The molecule has 9 heteroatoms. The van der Waals surface area contributed by atoms with Crippen LogP contribution in [0.2, 0.25) is 5.02 Å². The summed E-state index contributed by atoms with van der Waals surface area (Å²) in [6.45, 7) is -0.207. The predicted octanol–water partition coefficient (Wildman–Crippen LogP) is 2.36. The highest BCUT2D eigenvalue weighted by Crippen LogP contribution is 2.20. The number of aromatic amines is 1. The Morgan fingerprint density at radius 2 is 1.76 bits per heavy atom. The first-order valence-electron chi connectivity index (χ1n) is 8.66. The van der Waals surface area contributed by atoms with Gasteiger partial charge in [0.1, 0.15) is 11.4 Å². The summed E-state index contributed by atoms with van der Waals surface area (Å²) in [7, 11) is 3.22. The summed E-state index contributed by atoms with van der Waals surface area (Å²) in [4.78, 5) is 40.8. The molecule has 2 aromatic carbocycles. The van der Waals surface area contributed by atoms with Gasteiger partial charge in [0.05, 0.1) is 5.56 Å². The van der Waals surface area contributed by atoms with Crippen LogP contribution in [0.1, 0.15) is 20.8 Å². The summed E-state index contributed by atoms with van der Waals surface area (Å²) in [5.41, 5.74) is 5.89. The van der Waals surface area contributed by atoms with Gasteiger partial charge in [0.15, 0.2) is 6.61 Å². The van der Waals surface area contributed by atoms with Gasteiger partial charge in [-0.15, -0.1) is 0 Å². The van der Waals surface area contributed by atoms with Gasteiger partial charge in [-0.25, -0.2) is 0 Å². The molecule has 150 valence electrons. The zero-order chi connectivity index (χ0) is 21.0. The van der Waals surface area contributed by atoms with Gasteiger partial charge in [-0.1, -0.05) is 23.7 Å². The molecule has 0 bridgehead atoms. The number of para-hydroxylation sites is 1. The maximum atomic E-state index is 12.5. The molecule has 1 aromatic heterocycles. The van der Waals surface area contributed by atoms with E-state index in [1.54, 1.807) is 56.6 Å². The first-order valence-corrected chi connectivity index (χ1v) is 9.04. The van der Waals surface area contributed by atoms with E-state index in [2.05, 4.69) is 15.8 Å². The van der Waals surface area contributed by atoms with E-state index in [1.807, 2.05) is 0 Å². The Bertz CT molecular complexity index is 1080. The summed E-state index contributed by atoms with van der Waals surface area (Å²) in [6, 6.07) is 13.3. The number of nitrogens with zero attached hydrogens (tertiary/aromatic N) is 1. The van der Waals surface area contributed by atoms with Crippen molar-refractivity contribution in [2.45, 2.75) is 0 Å². The van der Waals surface area contributed by atoms with E-state index in [0.29, 0.717) is 5.02 Å². The number of amides is 3. The molecule has 29 heavy (non-hydrogen) atoms. The first kappa shape index (κ1) is 20.2. The average Bonchev–Trinajstić information content (AvgIpc) is 3.13. The van der Waals surface area contributed by atoms with Crippen LogP contribution >= 0.6 is 11.6 Å².